The third-order valence-electron chi connectivity index (χ3n) is 2.21. The molecule has 1 unspecified atom stereocenters. The van der Waals surface area contributed by atoms with E-state index in [1.54, 1.807) is 0 Å². The molecule has 2 fully saturated rings. The quantitative estimate of drug-likeness (QED) is 0.421. The Morgan fingerprint density at radius 2 is 2.14 bits per heavy atom. The number of nitrogens with one attached hydrogen (secondary N) is 1. The largest absolute Gasteiger partial charge is 0.327 e. The highest BCUT2D eigenvalue weighted by atomic mass is 15.1. The Hall–Kier alpha value is -0.0800. The van der Waals surface area contributed by atoms with Crippen LogP contribution in [0.3, 0.4) is 0 Å². The molecule has 0 aromatic heterocycles. The van der Waals surface area contributed by atoms with E-state index in [1.807, 2.05) is 0 Å². The molecule has 7 heavy (non-hydrogen) atoms. The monoisotopic (exact) mass is 98.1 g/mol. The van der Waals surface area contributed by atoms with Crippen LogP contribution in [0.4, 0.5) is 0 Å². The van der Waals surface area contributed by atoms with Crippen molar-refractivity contribution in [3.8, 4) is 0 Å². The first-order valence-corrected chi connectivity index (χ1v) is 2.80. The van der Waals surface area contributed by atoms with Crippen molar-refractivity contribution in [2.75, 3.05) is 13.1 Å². The number of rotatable bonds is 0. The minimum Gasteiger partial charge on any atom is -0.327 e. The lowest BCUT2D eigenvalue weighted by Gasteiger charge is -2.27. The predicted octanol–water partition coefficient (Wildman–Crippen LogP) is -0.693. The van der Waals surface area contributed by atoms with E-state index >= 15 is 0 Å². The molecule has 1 aliphatic heterocycles. The van der Waals surface area contributed by atoms with Gasteiger partial charge < -0.3 is 11.1 Å². The maximum absolute atomic E-state index is 5.62. The zero-order valence-electron chi connectivity index (χ0n) is 4.28. The van der Waals surface area contributed by atoms with Crippen LogP contribution in [0, 0.1) is 5.41 Å². The Morgan fingerprint density at radius 1 is 1.57 bits per heavy atom. The average molecular weight is 98.1 g/mol. The molecule has 3 N–H and O–H groups in total. The van der Waals surface area contributed by atoms with Crippen LogP contribution in [0.25, 0.3) is 0 Å². The molecule has 0 aromatic rings. The summed E-state index contributed by atoms with van der Waals surface area (Å²) >= 11 is 0. The van der Waals surface area contributed by atoms with Gasteiger partial charge in [-0.15, -0.1) is 0 Å². The molecule has 0 radical (unpaired) electrons. The van der Waals surface area contributed by atoms with Gasteiger partial charge in [0.25, 0.3) is 0 Å². The summed E-state index contributed by atoms with van der Waals surface area (Å²) in [6, 6.07) is 0.536. The number of hydrogen-bond acceptors (Lipinski definition) is 2. The van der Waals surface area contributed by atoms with Gasteiger partial charge in [-0.25, -0.2) is 0 Å². The minimum atomic E-state index is 0.536. The van der Waals surface area contributed by atoms with Crippen LogP contribution in [0.15, 0.2) is 0 Å². The van der Waals surface area contributed by atoms with Gasteiger partial charge in [-0.05, 0) is 6.42 Å². The molecule has 1 atom stereocenters. The standard InChI is InChI=1S/C5H10N2/c6-4-1-5(4)2-7-3-5/h4,7H,1-3,6H2. The molecule has 2 nitrogen and oxygen atoms in total. The first kappa shape index (κ1) is 3.87. The summed E-state index contributed by atoms with van der Waals surface area (Å²) in [6.45, 7) is 2.35. The Bertz CT molecular complexity index is 90.7. The third kappa shape index (κ3) is 0.318. The maximum atomic E-state index is 5.62. The van der Waals surface area contributed by atoms with E-state index in [0.717, 1.165) is 0 Å². The van der Waals surface area contributed by atoms with Gasteiger partial charge in [-0.1, -0.05) is 0 Å². The number of hydrogen-bond donors (Lipinski definition) is 2. The molecule has 40 valence electrons. The van der Waals surface area contributed by atoms with E-state index < -0.39 is 0 Å². The normalized spacial score (nSPS) is 43.3. The summed E-state index contributed by atoms with van der Waals surface area (Å²) in [7, 11) is 0. The Morgan fingerprint density at radius 3 is 2.14 bits per heavy atom. The fourth-order valence-electron chi connectivity index (χ4n) is 1.23. The molecular formula is C5H10N2. The molecule has 0 aromatic carbocycles. The molecule has 0 bridgehead atoms. The van der Waals surface area contributed by atoms with E-state index in [0.29, 0.717) is 11.5 Å². The SMILES string of the molecule is NC1CC12CNC2. The van der Waals surface area contributed by atoms with Crippen molar-refractivity contribution >= 4 is 0 Å². The van der Waals surface area contributed by atoms with Gasteiger partial charge in [0.05, 0.1) is 0 Å². The van der Waals surface area contributed by atoms with Gasteiger partial charge >= 0.3 is 0 Å². The predicted molar refractivity (Wildman–Crippen MR) is 27.9 cm³/mol. The van der Waals surface area contributed by atoms with Crippen molar-refractivity contribution in [2.45, 2.75) is 12.5 Å². The fourth-order valence-corrected chi connectivity index (χ4v) is 1.23. The van der Waals surface area contributed by atoms with Gasteiger partial charge in [0.1, 0.15) is 0 Å². The van der Waals surface area contributed by atoms with E-state index in [-0.39, 0.29) is 0 Å². The first-order valence-electron chi connectivity index (χ1n) is 2.80. The van der Waals surface area contributed by atoms with Crippen molar-refractivity contribution in [3.63, 3.8) is 0 Å². The maximum Gasteiger partial charge on any atom is 0.0127 e. The van der Waals surface area contributed by atoms with Crippen molar-refractivity contribution in [2.24, 2.45) is 11.1 Å². The highest BCUT2D eigenvalue weighted by Crippen LogP contribution is 2.47. The Kier molecular flexibility index (Phi) is 0.474. The molecule has 1 saturated carbocycles. The third-order valence-corrected chi connectivity index (χ3v) is 2.21. The van der Waals surface area contributed by atoms with Crippen LogP contribution in [-0.2, 0) is 0 Å². The lowest BCUT2D eigenvalue weighted by molar-refractivity contribution is 0.312. The van der Waals surface area contributed by atoms with Gasteiger partial charge in [0, 0.05) is 24.5 Å². The molecule has 1 aliphatic carbocycles. The fraction of sp³-hybridized carbons (Fsp3) is 1.00. The molecule has 1 heterocycles. The minimum absolute atomic E-state index is 0.536. The number of nitrogens with two attached hydrogens (primary N) is 1. The molecule has 2 rings (SSSR count). The molecule has 2 heteroatoms. The molecular weight excluding hydrogens is 88.1 g/mol. The summed E-state index contributed by atoms with van der Waals surface area (Å²) in [6.07, 6.45) is 1.26. The smallest absolute Gasteiger partial charge is 0.0127 e. The second kappa shape index (κ2) is 0.858. The first-order chi connectivity index (χ1) is 3.33. The van der Waals surface area contributed by atoms with E-state index in [1.165, 1.54) is 19.5 Å². The van der Waals surface area contributed by atoms with Gasteiger partial charge in [-0.2, -0.15) is 0 Å². The lowest BCUT2D eigenvalue weighted by Crippen LogP contribution is -2.47. The topological polar surface area (TPSA) is 38.0 Å². The van der Waals surface area contributed by atoms with E-state index in [2.05, 4.69) is 5.32 Å². The zero-order chi connectivity index (χ0) is 4.91. The van der Waals surface area contributed by atoms with Crippen LogP contribution in [0.5, 0.6) is 0 Å². The van der Waals surface area contributed by atoms with Crippen LogP contribution in [0.1, 0.15) is 6.42 Å². The van der Waals surface area contributed by atoms with Gasteiger partial charge in [0.15, 0.2) is 0 Å². The second-order valence-electron chi connectivity index (χ2n) is 2.78. The highest BCUT2D eigenvalue weighted by molar-refractivity contribution is 5.13. The van der Waals surface area contributed by atoms with Gasteiger partial charge in [-0.3, -0.25) is 0 Å². The van der Waals surface area contributed by atoms with Crippen molar-refractivity contribution in [3.05, 3.63) is 0 Å². The Balaban J connectivity index is 2.05. The highest BCUT2D eigenvalue weighted by Gasteiger charge is 2.55. The summed E-state index contributed by atoms with van der Waals surface area (Å²) in [5.41, 5.74) is 6.22. The van der Waals surface area contributed by atoms with Crippen LogP contribution in [0.2, 0.25) is 0 Å². The van der Waals surface area contributed by atoms with Crippen LogP contribution in [-0.4, -0.2) is 19.1 Å². The Labute approximate surface area is 43.1 Å². The van der Waals surface area contributed by atoms with E-state index in [4.69, 9.17) is 5.73 Å². The van der Waals surface area contributed by atoms with Crippen molar-refractivity contribution < 1.29 is 0 Å². The summed E-state index contributed by atoms with van der Waals surface area (Å²) in [4.78, 5) is 0. The molecule has 0 amide bonds. The summed E-state index contributed by atoms with van der Waals surface area (Å²) in [5.74, 6) is 0. The summed E-state index contributed by atoms with van der Waals surface area (Å²) in [5, 5.41) is 3.21. The van der Waals surface area contributed by atoms with E-state index in [9.17, 15) is 0 Å². The van der Waals surface area contributed by atoms with Crippen LogP contribution >= 0.6 is 0 Å². The van der Waals surface area contributed by atoms with Crippen molar-refractivity contribution in [1.82, 2.24) is 5.32 Å². The van der Waals surface area contributed by atoms with Gasteiger partial charge in [0.2, 0.25) is 0 Å². The van der Waals surface area contributed by atoms with Crippen molar-refractivity contribution in [1.29, 1.82) is 0 Å². The lowest BCUT2D eigenvalue weighted by atomic mass is 10.00. The second-order valence-corrected chi connectivity index (χ2v) is 2.78. The molecule has 2 aliphatic rings. The summed E-state index contributed by atoms with van der Waals surface area (Å²) < 4.78 is 0. The molecule has 1 saturated heterocycles. The zero-order valence-corrected chi connectivity index (χ0v) is 4.28. The molecule has 1 spiro atoms. The van der Waals surface area contributed by atoms with Crippen LogP contribution < -0.4 is 11.1 Å². The average Bonchev–Trinajstić information content (AvgIpc) is 2.10.